The van der Waals surface area contributed by atoms with Gasteiger partial charge in [-0.05, 0) is 50.7 Å². The summed E-state index contributed by atoms with van der Waals surface area (Å²) in [5, 5.41) is 6.18. The molecule has 2 N–H and O–H groups in total. The Hall–Kier alpha value is -3.27. The van der Waals surface area contributed by atoms with Crippen LogP contribution in [0.3, 0.4) is 0 Å². The number of benzene rings is 2. The molecule has 4 nitrogen and oxygen atoms in total. The third-order valence-electron chi connectivity index (χ3n) is 4.24. The minimum Gasteiger partial charge on any atom is -0.392 e. The molecule has 3 rings (SSSR count). The van der Waals surface area contributed by atoms with Crippen LogP contribution < -0.4 is 16.1 Å². The van der Waals surface area contributed by atoms with Gasteiger partial charge in [0.2, 0.25) is 0 Å². The molecule has 2 aromatic carbocycles. The first-order valence-electron chi connectivity index (χ1n) is 8.88. The Balaban J connectivity index is 0.000000465. The van der Waals surface area contributed by atoms with Crippen molar-refractivity contribution in [2.75, 3.05) is 12.4 Å². The Kier molecular flexibility index (Phi) is 7.00. The number of anilines is 2. The summed E-state index contributed by atoms with van der Waals surface area (Å²) in [6.45, 7) is 9.32. The van der Waals surface area contributed by atoms with E-state index < -0.39 is 0 Å². The maximum absolute atomic E-state index is 12.2. The van der Waals surface area contributed by atoms with Crippen LogP contribution in [0.5, 0.6) is 0 Å². The van der Waals surface area contributed by atoms with E-state index in [0.717, 1.165) is 34.1 Å². The Morgan fingerprint density at radius 2 is 1.48 bits per heavy atom. The van der Waals surface area contributed by atoms with Crippen LogP contribution in [0.4, 0.5) is 11.5 Å². The molecular weight excluding hydrogens is 334 g/mol. The van der Waals surface area contributed by atoms with Crippen molar-refractivity contribution < 1.29 is 0 Å². The van der Waals surface area contributed by atoms with Crippen molar-refractivity contribution in [3.05, 3.63) is 100 Å². The molecule has 1 heterocycles. The maximum Gasteiger partial charge on any atom is 0.186 e. The van der Waals surface area contributed by atoms with Crippen LogP contribution in [0.15, 0.2) is 83.8 Å². The van der Waals surface area contributed by atoms with Gasteiger partial charge in [-0.3, -0.25) is 4.79 Å². The molecule has 0 bridgehead atoms. The Bertz CT molecular complexity index is 945. The van der Waals surface area contributed by atoms with Gasteiger partial charge in [0, 0.05) is 35.7 Å². The van der Waals surface area contributed by atoms with Crippen LogP contribution in [0.2, 0.25) is 0 Å². The fourth-order valence-electron chi connectivity index (χ4n) is 2.49. The van der Waals surface area contributed by atoms with Crippen LogP contribution in [-0.2, 0) is 0 Å². The quantitative estimate of drug-likeness (QED) is 0.692. The molecule has 27 heavy (non-hydrogen) atoms. The van der Waals surface area contributed by atoms with Gasteiger partial charge in [-0.15, -0.1) is 0 Å². The third-order valence-corrected chi connectivity index (χ3v) is 4.24. The lowest BCUT2D eigenvalue weighted by molar-refractivity contribution is 0.960. The van der Waals surface area contributed by atoms with Crippen LogP contribution >= 0.6 is 0 Å². The fourth-order valence-corrected chi connectivity index (χ4v) is 2.49. The van der Waals surface area contributed by atoms with Crippen LogP contribution in [0, 0.1) is 13.8 Å². The first-order chi connectivity index (χ1) is 12.9. The van der Waals surface area contributed by atoms with E-state index in [1.54, 1.807) is 6.07 Å². The van der Waals surface area contributed by atoms with Crippen molar-refractivity contribution in [3.8, 4) is 5.69 Å². The second-order valence-corrected chi connectivity index (χ2v) is 6.30. The second kappa shape index (κ2) is 9.43. The highest BCUT2D eigenvalue weighted by atomic mass is 16.1. The lowest BCUT2D eigenvalue weighted by Crippen LogP contribution is -2.16. The van der Waals surface area contributed by atoms with E-state index in [9.17, 15) is 4.79 Å². The normalized spacial score (nSPS) is 9.78. The zero-order chi connectivity index (χ0) is 19.8. The highest BCUT2D eigenvalue weighted by Gasteiger charge is 2.11. The van der Waals surface area contributed by atoms with E-state index in [4.69, 9.17) is 0 Å². The van der Waals surface area contributed by atoms with Crippen molar-refractivity contribution in [1.82, 2.24) is 9.88 Å². The minimum atomic E-state index is 0.0445. The standard InChI is InChI=1S/C19H18N2O.C4H9N/c1-14-15(2)21(17-11-7-4-8-12-17)19(13-18(14)22)20-16-9-5-3-6-10-16;1-4(2)5-3/h3-13,20H,1-2H3;5H,1H2,2-3H3. The molecule has 0 aliphatic carbocycles. The zero-order valence-corrected chi connectivity index (χ0v) is 16.4. The predicted molar refractivity (Wildman–Crippen MR) is 115 cm³/mol. The van der Waals surface area contributed by atoms with Crippen molar-refractivity contribution in [2.24, 2.45) is 0 Å². The molecule has 0 fully saturated rings. The SMILES string of the molecule is C=C(C)NC.Cc1c(C)n(-c2ccccc2)c(Nc2ccccc2)cc1=O. The first-order valence-corrected chi connectivity index (χ1v) is 8.88. The Morgan fingerprint density at radius 3 is 2.00 bits per heavy atom. The summed E-state index contributed by atoms with van der Waals surface area (Å²) in [7, 11) is 1.85. The Labute approximate surface area is 161 Å². The van der Waals surface area contributed by atoms with E-state index >= 15 is 0 Å². The van der Waals surface area contributed by atoms with Crippen molar-refractivity contribution in [1.29, 1.82) is 0 Å². The molecule has 0 unspecified atom stereocenters. The minimum absolute atomic E-state index is 0.0445. The van der Waals surface area contributed by atoms with Crippen LogP contribution in [0.1, 0.15) is 18.2 Å². The van der Waals surface area contributed by atoms with E-state index in [2.05, 4.69) is 21.8 Å². The predicted octanol–water partition coefficient (Wildman–Crippen LogP) is 4.94. The topological polar surface area (TPSA) is 46.1 Å². The maximum atomic E-state index is 12.2. The van der Waals surface area contributed by atoms with Gasteiger partial charge in [0.15, 0.2) is 5.43 Å². The number of nitrogens with zero attached hydrogens (tertiary/aromatic N) is 1. The summed E-state index contributed by atoms with van der Waals surface area (Å²) in [5.41, 5.74) is 4.74. The molecule has 0 aliphatic rings. The number of hydrogen-bond acceptors (Lipinski definition) is 3. The number of hydrogen-bond donors (Lipinski definition) is 2. The molecule has 0 saturated carbocycles. The van der Waals surface area contributed by atoms with Crippen LogP contribution in [-0.4, -0.2) is 11.6 Å². The van der Waals surface area contributed by atoms with Gasteiger partial charge < -0.3 is 15.2 Å². The number of rotatable bonds is 4. The second-order valence-electron chi connectivity index (χ2n) is 6.30. The molecule has 3 aromatic rings. The number of aromatic nitrogens is 1. The Morgan fingerprint density at radius 1 is 0.963 bits per heavy atom. The molecule has 0 atom stereocenters. The molecular formula is C23H27N3O. The number of para-hydroxylation sites is 2. The van der Waals surface area contributed by atoms with Gasteiger partial charge in [0.25, 0.3) is 0 Å². The van der Waals surface area contributed by atoms with E-state index in [1.165, 1.54) is 0 Å². The highest BCUT2D eigenvalue weighted by Crippen LogP contribution is 2.22. The average molecular weight is 361 g/mol. The third kappa shape index (κ3) is 5.35. The summed E-state index contributed by atoms with van der Waals surface area (Å²) in [4.78, 5) is 12.2. The summed E-state index contributed by atoms with van der Waals surface area (Å²) >= 11 is 0. The first kappa shape index (κ1) is 20.0. The molecule has 0 radical (unpaired) electrons. The zero-order valence-electron chi connectivity index (χ0n) is 16.4. The van der Waals surface area contributed by atoms with Gasteiger partial charge in [-0.1, -0.05) is 43.0 Å². The molecule has 0 amide bonds. The highest BCUT2D eigenvalue weighted by molar-refractivity contribution is 5.60. The monoisotopic (exact) mass is 361 g/mol. The van der Waals surface area contributed by atoms with Crippen molar-refractivity contribution in [2.45, 2.75) is 20.8 Å². The fraction of sp³-hybridized carbons (Fsp3) is 0.174. The molecule has 140 valence electrons. The average Bonchev–Trinajstić information content (AvgIpc) is 2.68. The number of pyridine rings is 1. The summed E-state index contributed by atoms with van der Waals surface area (Å²) in [5.74, 6) is 0.769. The lowest BCUT2D eigenvalue weighted by atomic mass is 10.2. The van der Waals surface area contributed by atoms with Gasteiger partial charge >= 0.3 is 0 Å². The van der Waals surface area contributed by atoms with Gasteiger partial charge in [-0.2, -0.15) is 0 Å². The van der Waals surface area contributed by atoms with E-state index in [-0.39, 0.29) is 5.43 Å². The lowest BCUT2D eigenvalue weighted by Gasteiger charge is -2.19. The molecule has 0 spiro atoms. The van der Waals surface area contributed by atoms with Crippen molar-refractivity contribution >= 4 is 11.5 Å². The smallest absolute Gasteiger partial charge is 0.186 e. The molecule has 0 aliphatic heterocycles. The largest absolute Gasteiger partial charge is 0.392 e. The van der Waals surface area contributed by atoms with Gasteiger partial charge in [0.1, 0.15) is 5.82 Å². The van der Waals surface area contributed by atoms with E-state index in [0.29, 0.717) is 0 Å². The summed E-state index contributed by atoms with van der Waals surface area (Å²) < 4.78 is 2.07. The number of nitrogens with one attached hydrogen (secondary N) is 2. The number of allylic oxidation sites excluding steroid dienone is 1. The van der Waals surface area contributed by atoms with Crippen LogP contribution in [0.25, 0.3) is 5.69 Å². The van der Waals surface area contributed by atoms with Gasteiger partial charge in [-0.25, -0.2) is 0 Å². The summed E-state index contributed by atoms with van der Waals surface area (Å²) in [6.07, 6.45) is 0. The molecule has 4 heteroatoms. The van der Waals surface area contributed by atoms with Gasteiger partial charge in [0.05, 0.1) is 0 Å². The molecule has 1 aromatic heterocycles. The summed E-state index contributed by atoms with van der Waals surface area (Å²) in [6, 6.07) is 21.6. The van der Waals surface area contributed by atoms with Crippen molar-refractivity contribution in [3.63, 3.8) is 0 Å². The van der Waals surface area contributed by atoms with E-state index in [1.807, 2.05) is 88.5 Å². The molecule has 0 saturated heterocycles.